The minimum absolute atomic E-state index is 0.00541. The first kappa shape index (κ1) is 29.8. The van der Waals surface area contributed by atoms with E-state index in [2.05, 4.69) is 25.6 Å². The Bertz CT molecular complexity index is 1820. The molecule has 0 aliphatic carbocycles. The topological polar surface area (TPSA) is 106 Å². The second-order valence-corrected chi connectivity index (χ2v) is 13.5. The summed E-state index contributed by atoms with van der Waals surface area (Å²) in [6, 6.07) is 17.0. The third kappa shape index (κ3) is 7.60. The van der Waals surface area contributed by atoms with Gasteiger partial charge >= 0.3 is 0 Å². The number of anilines is 2. The van der Waals surface area contributed by atoms with E-state index in [1.165, 1.54) is 36.1 Å². The Kier molecular flexibility index (Phi) is 9.32. The van der Waals surface area contributed by atoms with Crippen LogP contribution in [0.2, 0.25) is 5.02 Å². The van der Waals surface area contributed by atoms with Crippen LogP contribution in [-0.4, -0.2) is 41.9 Å². The summed E-state index contributed by atoms with van der Waals surface area (Å²) in [7, 11) is -3.18. The number of sulfone groups is 1. The van der Waals surface area contributed by atoms with Crippen LogP contribution in [0.15, 0.2) is 73.2 Å². The lowest BCUT2D eigenvalue weighted by Crippen LogP contribution is -2.27. The summed E-state index contributed by atoms with van der Waals surface area (Å²) in [6.07, 6.45) is 5.36. The van der Waals surface area contributed by atoms with Crippen molar-refractivity contribution in [2.24, 2.45) is 0 Å². The number of ether oxygens (including phenoxy) is 1. The fourth-order valence-electron chi connectivity index (χ4n) is 4.35. The monoisotopic (exact) mass is 625 g/mol. The maximum Gasteiger partial charge on any atom is 0.149 e. The number of nitrogens with one attached hydrogen (secondary N) is 2. The van der Waals surface area contributed by atoms with E-state index in [-0.39, 0.29) is 24.2 Å². The van der Waals surface area contributed by atoms with Gasteiger partial charge in [0.2, 0.25) is 0 Å². The van der Waals surface area contributed by atoms with E-state index < -0.39 is 9.84 Å². The Labute approximate surface area is 252 Å². The van der Waals surface area contributed by atoms with E-state index in [9.17, 15) is 12.8 Å². The van der Waals surface area contributed by atoms with Gasteiger partial charge in [0.05, 0.1) is 22.3 Å². The predicted molar refractivity (Wildman–Crippen MR) is 167 cm³/mol. The van der Waals surface area contributed by atoms with E-state index >= 15 is 0 Å². The molecule has 0 aliphatic heterocycles. The molecule has 0 aliphatic rings. The molecule has 42 heavy (non-hydrogen) atoms. The number of hydrogen-bond donors (Lipinski definition) is 2. The van der Waals surface area contributed by atoms with E-state index in [1.54, 1.807) is 30.5 Å². The molecule has 5 rings (SSSR count). The SMILES string of the molecule is CCCN[C@H](CS(C)(=O)=O)c1cnc(-c2ccc3ncnc(Nc4ccc(OCc5cccc(F)c5)c(Cl)c4)c3c2)s1. The molecule has 0 bridgehead atoms. The van der Waals surface area contributed by atoms with Gasteiger partial charge in [-0.3, -0.25) is 0 Å². The quantitative estimate of drug-likeness (QED) is 0.153. The van der Waals surface area contributed by atoms with Gasteiger partial charge in [0.15, 0.2) is 0 Å². The largest absolute Gasteiger partial charge is 0.487 e. The van der Waals surface area contributed by atoms with Crippen LogP contribution in [0.5, 0.6) is 5.75 Å². The third-order valence-corrected chi connectivity index (χ3v) is 8.73. The maximum atomic E-state index is 13.5. The van der Waals surface area contributed by atoms with Crippen molar-refractivity contribution in [1.29, 1.82) is 0 Å². The fraction of sp³-hybridized carbons (Fsp3) is 0.233. The summed E-state index contributed by atoms with van der Waals surface area (Å²) in [4.78, 5) is 14.3. The molecular weight excluding hydrogens is 597 g/mol. The number of benzene rings is 3. The molecule has 0 unspecified atom stereocenters. The van der Waals surface area contributed by atoms with Crippen LogP contribution in [-0.2, 0) is 16.4 Å². The molecule has 5 aromatic rings. The molecule has 0 amide bonds. The first-order valence-corrected chi connectivity index (χ1v) is 16.5. The van der Waals surface area contributed by atoms with Crippen molar-refractivity contribution in [2.75, 3.05) is 23.9 Å². The lowest BCUT2D eigenvalue weighted by atomic mass is 10.1. The Morgan fingerprint density at radius 1 is 1.07 bits per heavy atom. The van der Waals surface area contributed by atoms with Crippen LogP contribution in [0, 0.1) is 5.82 Å². The summed E-state index contributed by atoms with van der Waals surface area (Å²) < 4.78 is 43.3. The molecule has 0 fully saturated rings. The van der Waals surface area contributed by atoms with E-state index in [1.807, 2.05) is 31.2 Å². The molecule has 2 aromatic heterocycles. The molecule has 2 N–H and O–H groups in total. The lowest BCUT2D eigenvalue weighted by molar-refractivity contribution is 0.306. The third-order valence-electron chi connectivity index (χ3n) is 6.34. The number of rotatable bonds is 12. The van der Waals surface area contributed by atoms with Crippen molar-refractivity contribution in [2.45, 2.75) is 26.0 Å². The number of fused-ring (bicyclic) bond motifs is 1. The molecule has 0 radical (unpaired) electrons. The van der Waals surface area contributed by atoms with Crippen molar-refractivity contribution in [3.05, 3.63) is 94.5 Å². The van der Waals surface area contributed by atoms with Gasteiger partial charge in [-0.2, -0.15) is 0 Å². The molecule has 0 saturated carbocycles. The maximum absolute atomic E-state index is 13.5. The molecule has 1 atom stereocenters. The van der Waals surface area contributed by atoms with Crippen LogP contribution in [0.4, 0.5) is 15.9 Å². The Morgan fingerprint density at radius 3 is 2.69 bits per heavy atom. The number of thiazole rings is 1. The van der Waals surface area contributed by atoms with Gasteiger partial charge in [0.25, 0.3) is 0 Å². The van der Waals surface area contributed by atoms with Gasteiger partial charge in [-0.1, -0.05) is 30.7 Å². The number of halogens is 2. The first-order chi connectivity index (χ1) is 20.2. The zero-order valence-corrected chi connectivity index (χ0v) is 25.4. The van der Waals surface area contributed by atoms with Gasteiger partial charge in [0.1, 0.15) is 45.2 Å². The molecular formula is C30H29ClFN5O3S2. The fourth-order valence-corrected chi connectivity index (χ4v) is 6.58. The van der Waals surface area contributed by atoms with Crippen LogP contribution in [0.3, 0.4) is 0 Å². The zero-order chi connectivity index (χ0) is 29.7. The Balaban J connectivity index is 1.36. The van der Waals surface area contributed by atoms with Crippen LogP contribution >= 0.6 is 22.9 Å². The first-order valence-electron chi connectivity index (χ1n) is 13.2. The van der Waals surface area contributed by atoms with Crippen LogP contribution in [0.25, 0.3) is 21.5 Å². The van der Waals surface area contributed by atoms with Crippen molar-refractivity contribution < 1.29 is 17.5 Å². The van der Waals surface area contributed by atoms with Gasteiger partial charge in [0, 0.05) is 34.0 Å². The predicted octanol–water partition coefficient (Wildman–Crippen LogP) is 6.95. The minimum atomic E-state index is -3.18. The van der Waals surface area contributed by atoms with Crippen molar-refractivity contribution in [3.63, 3.8) is 0 Å². The van der Waals surface area contributed by atoms with Gasteiger partial charge in [-0.05, 0) is 67.1 Å². The molecule has 218 valence electrons. The number of aromatic nitrogens is 3. The number of hydrogen-bond acceptors (Lipinski definition) is 9. The summed E-state index contributed by atoms with van der Waals surface area (Å²) in [5.41, 5.74) is 3.01. The van der Waals surface area contributed by atoms with Crippen molar-refractivity contribution in [3.8, 4) is 16.3 Å². The van der Waals surface area contributed by atoms with E-state index in [4.69, 9.17) is 16.3 Å². The summed E-state index contributed by atoms with van der Waals surface area (Å²) in [6.45, 7) is 2.93. The Hall–Kier alpha value is -3.64. The summed E-state index contributed by atoms with van der Waals surface area (Å²) in [5.74, 6) is 0.745. The lowest BCUT2D eigenvalue weighted by Gasteiger charge is -2.15. The van der Waals surface area contributed by atoms with Crippen LogP contribution < -0.4 is 15.4 Å². The smallest absolute Gasteiger partial charge is 0.149 e. The zero-order valence-electron chi connectivity index (χ0n) is 23.0. The highest BCUT2D eigenvalue weighted by molar-refractivity contribution is 7.90. The average Bonchev–Trinajstić information content (AvgIpc) is 3.45. The number of nitrogens with zero attached hydrogens (tertiary/aromatic N) is 3. The molecule has 3 aromatic carbocycles. The summed E-state index contributed by atoms with van der Waals surface area (Å²) in [5, 5.41) is 8.58. The average molecular weight is 626 g/mol. The highest BCUT2D eigenvalue weighted by atomic mass is 35.5. The van der Waals surface area contributed by atoms with Gasteiger partial charge < -0.3 is 15.4 Å². The minimum Gasteiger partial charge on any atom is -0.487 e. The second kappa shape index (κ2) is 13.1. The van der Waals surface area contributed by atoms with Crippen LogP contribution in [0.1, 0.15) is 29.8 Å². The van der Waals surface area contributed by atoms with E-state index in [0.717, 1.165) is 32.8 Å². The Morgan fingerprint density at radius 2 is 1.93 bits per heavy atom. The van der Waals surface area contributed by atoms with E-state index in [0.29, 0.717) is 34.4 Å². The molecule has 0 spiro atoms. The molecule has 2 heterocycles. The summed E-state index contributed by atoms with van der Waals surface area (Å²) >= 11 is 7.95. The standard InChI is InChI=1S/C30H29ClFN5O3S2/c1-3-11-33-26(17-42(2,38)39)28-15-34-30(41-28)20-7-9-25-23(13-20)29(36-18-35-25)37-22-8-10-27(24(31)14-22)40-16-19-5-4-6-21(32)12-19/h4-10,12-15,18,26,33H,3,11,16-17H2,1-2H3,(H,35,36,37)/t26-/m1/s1. The van der Waals surface area contributed by atoms with Gasteiger partial charge in [-0.25, -0.2) is 27.8 Å². The second-order valence-electron chi connectivity index (χ2n) is 9.81. The van der Waals surface area contributed by atoms with Gasteiger partial charge in [-0.15, -0.1) is 11.3 Å². The highest BCUT2D eigenvalue weighted by Crippen LogP contribution is 2.34. The highest BCUT2D eigenvalue weighted by Gasteiger charge is 2.20. The van der Waals surface area contributed by atoms with Crippen molar-refractivity contribution >= 4 is 55.2 Å². The molecule has 8 nitrogen and oxygen atoms in total. The molecule has 12 heteroatoms. The normalized spacial score (nSPS) is 12.4. The molecule has 0 saturated heterocycles. The van der Waals surface area contributed by atoms with Crippen molar-refractivity contribution in [1.82, 2.24) is 20.3 Å².